The molecule has 0 bridgehead atoms. The van der Waals surface area contributed by atoms with Gasteiger partial charge >= 0.3 is 14.2 Å². The number of rotatable bonds is 28. The van der Waals surface area contributed by atoms with Crippen LogP contribution in [0.25, 0.3) is 100.0 Å². The fraction of sp³-hybridized carbons (Fsp3) is 0.407. The highest BCUT2D eigenvalue weighted by Crippen LogP contribution is 2.56. The molecule has 0 amide bonds. The molecule has 2 aromatic heterocycles. The summed E-state index contributed by atoms with van der Waals surface area (Å²) in [4.78, 5) is 10.9. The number of hydrogen-bond acceptors (Lipinski definition) is 6. The normalized spacial score (nSPS) is 16.3. The van der Waals surface area contributed by atoms with Crippen LogP contribution >= 0.6 is 0 Å². The molecule has 510 valence electrons. The Morgan fingerprint density at radius 3 is 0.970 bits per heavy atom. The largest absolute Gasteiger partial charge is 0.494 e. The van der Waals surface area contributed by atoms with Gasteiger partial charge in [0.1, 0.15) is 0 Å². The predicted molar refractivity (Wildman–Crippen MR) is 421 cm³/mol. The number of aryl methyl sites for hydroxylation is 2. The minimum absolute atomic E-state index is 0.155. The van der Waals surface area contributed by atoms with E-state index in [0.29, 0.717) is 0 Å². The number of pyridine rings is 2. The molecule has 3 aliphatic rings. The smallest absolute Gasteiger partial charge is 0.399 e. The highest BCUT2D eigenvalue weighted by Gasteiger charge is 2.53. The van der Waals surface area contributed by atoms with E-state index in [1.807, 2.05) is 0 Å². The van der Waals surface area contributed by atoms with Crippen molar-refractivity contribution < 1.29 is 18.6 Å². The molecule has 4 heterocycles. The summed E-state index contributed by atoms with van der Waals surface area (Å²) in [6.07, 6.45) is 24.3. The van der Waals surface area contributed by atoms with Crippen molar-refractivity contribution in [3.05, 3.63) is 204 Å². The van der Waals surface area contributed by atoms with E-state index in [0.717, 1.165) is 80.9 Å². The van der Waals surface area contributed by atoms with Gasteiger partial charge in [0.05, 0.1) is 44.8 Å². The molecule has 0 radical (unpaired) electrons. The zero-order valence-corrected chi connectivity index (χ0v) is 61.6. The zero-order chi connectivity index (χ0) is 69.1. The number of fused-ring (bicyclic) bond motifs is 5. The number of aromatic nitrogens is 2. The standard InChI is InChI=1S/C91H106B2N2O4/c1-13-17-21-23-25-27-55-91(56-28-26-24-22-18-14-2)81-59-71(69-45-53-83-79(57-69)77(65-35-31-63(32-36-65)29-19-15-3)61-85(94-83)67-39-47-73(48-40-67)92-96-87(5,6)88(7,8)97-92)43-51-75(81)76-52-44-72(60-82(76)91)70-46-54-84-80(58-70)78(66-37-33-64(34-38-66)30-20-16-4)62-86(95-84)68-41-49-74(50-42-68)93-98-89(9,10)90(11,12)99-93/h31-54,57-62H,13-30,55-56H2,1-12H3. The second kappa shape index (κ2) is 29.6. The van der Waals surface area contributed by atoms with Crippen LogP contribution in [0.1, 0.15) is 221 Å². The molecule has 0 unspecified atom stereocenters. The lowest BCUT2D eigenvalue weighted by molar-refractivity contribution is 0.00578. The SMILES string of the molecule is CCCCCCCCC1(CCCCCCCC)c2cc(-c3ccc4nc(-c5ccc(B6OC(C)(C)C(C)(C)O6)cc5)cc(-c5ccc(CCCC)cc5)c4c3)ccc2-c2ccc(-c3ccc4nc(-c5ccc(B6OC(C)(C)C(C)(C)O6)cc5)cc(-c5ccc(CCCC)cc5)c4c3)cc21. The molecule has 1 aliphatic carbocycles. The fourth-order valence-electron chi connectivity index (χ4n) is 15.6. The van der Waals surface area contributed by atoms with Gasteiger partial charge in [-0.2, -0.15) is 0 Å². The van der Waals surface area contributed by atoms with Crippen molar-refractivity contribution in [3.63, 3.8) is 0 Å². The third-order valence-electron chi connectivity index (χ3n) is 23.2. The Hall–Kier alpha value is -7.45. The van der Waals surface area contributed by atoms with Gasteiger partial charge in [-0.3, -0.25) is 0 Å². The lowest BCUT2D eigenvalue weighted by Gasteiger charge is -2.33. The van der Waals surface area contributed by atoms with Gasteiger partial charge in [-0.1, -0.05) is 251 Å². The van der Waals surface area contributed by atoms with Gasteiger partial charge in [0, 0.05) is 27.3 Å². The molecule has 2 fully saturated rings. The predicted octanol–water partition coefficient (Wildman–Crippen LogP) is 23.8. The number of unbranched alkanes of at least 4 members (excludes halogenated alkanes) is 12. The van der Waals surface area contributed by atoms with E-state index in [1.54, 1.807) is 0 Å². The van der Waals surface area contributed by atoms with E-state index < -0.39 is 36.6 Å². The van der Waals surface area contributed by atoms with Gasteiger partial charge in [-0.25, -0.2) is 9.97 Å². The Morgan fingerprint density at radius 2 is 0.606 bits per heavy atom. The first-order valence-electron chi connectivity index (χ1n) is 38.1. The summed E-state index contributed by atoms with van der Waals surface area (Å²) in [7, 11) is -0.852. The molecule has 10 aromatic rings. The molecule has 6 nitrogen and oxygen atoms in total. The fourth-order valence-corrected chi connectivity index (χ4v) is 15.6. The van der Waals surface area contributed by atoms with Crippen molar-refractivity contribution in [1.82, 2.24) is 9.97 Å². The maximum Gasteiger partial charge on any atom is 0.494 e. The average Bonchev–Trinajstić information content (AvgIpc) is 1.57. The second-order valence-electron chi connectivity index (χ2n) is 31.2. The Balaban J connectivity index is 0.896. The summed E-state index contributed by atoms with van der Waals surface area (Å²) < 4.78 is 25.9. The van der Waals surface area contributed by atoms with Gasteiger partial charge in [-0.15, -0.1) is 0 Å². The van der Waals surface area contributed by atoms with Crippen molar-refractivity contribution in [2.75, 3.05) is 0 Å². The Bertz CT molecular complexity index is 4140. The zero-order valence-electron chi connectivity index (χ0n) is 61.6. The minimum atomic E-state index is -0.426. The van der Waals surface area contributed by atoms with E-state index in [9.17, 15) is 0 Å². The van der Waals surface area contributed by atoms with Gasteiger partial charge in [0.25, 0.3) is 0 Å². The first-order valence-corrected chi connectivity index (χ1v) is 38.1. The molecule has 0 saturated carbocycles. The highest BCUT2D eigenvalue weighted by atomic mass is 16.7. The number of hydrogen-bond donors (Lipinski definition) is 0. The molecule has 99 heavy (non-hydrogen) atoms. The molecule has 2 saturated heterocycles. The minimum Gasteiger partial charge on any atom is -0.399 e. The maximum absolute atomic E-state index is 6.47. The first kappa shape index (κ1) is 70.0. The van der Waals surface area contributed by atoms with Crippen molar-refractivity contribution >= 4 is 47.0 Å². The van der Waals surface area contributed by atoms with Crippen LogP contribution in [0.4, 0.5) is 0 Å². The molecular formula is C91H106B2N2O4. The van der Waals surface area contributed by atoms with E-state index >= 15 is 0 Å². The van der Waals surface area contributed by atoms with E-state index in [-0.39, 0.29) is 5.41 Å². The topological polar surface area (TPSA) is 62.7 Å². The lowest BCUT2D eigenvalue weighted by Crippen LogP contribution is -2.41. The van der Waals surface area contributed by atoms with Crippen LogP contribution in [0.5, 0.6) is 0 Å². The maximum atomic E-state index is 6.47. The highest BCUT2D eigenvalue weighted by molar-refractivity contribution is 6.62. The van der Waals surface area contributed by atoms with E-state index in [2.05, 4.69) is 265 Å². The van der Waals surface area contributed by atoms with Crippen LogP contribution in [0.3, 0.4) is 0 Å². The molecular weight excluding hydrogens is 1210 g/mol. The van der Waals surface area contributed by atoms with Gasteiger partial charge in [0.2, 0.25) is 0 Å². The van der Waals surface area contributed by atoms with Crippen LogP contribution in [0.2, 0.25) is 0 Å². The quantitative estimate of drug-likeness (QED) is 0.0360. The molecule has 0 N–H and O–H groups in total. The van der Waals surface area contributed by atoms with Crippen LogP contribution in [-0.2, 0) is 36.9 Å². The van der Waals surface area contributed by atoms with Gasteiger partial charge in [0.15, 0.2) is 0 Å². The number of benzene rings is 8. The van der Waals surface area contributed by atoms with Crippen LogP contribution in [0, 0.1) is 0 Å². The third-order valence-corrected chi connectivity index (χ3v) is 23.2. The van der Waals surface area contributed by atoms with E-state index in [1.165, 1.54) is 181 Å². The molecule has 13 rings (SSSR count). The molecule has 2 aliphatic heterocycles. The van der Waals surface area contributed by atoms with Crippen molar-refractivity contribution in [3.8, 4) is 78.1 Å². The third kappa shape index (κ3) is 14.6. The molecule has 0 spiro atoms. The Morgan fingerprint density at radius 1 is 0.293 bits per heavy atom. The first-order chi connectivity index (χ1) is 47.8. The van der Waals surface area contributed by atoms with Gasteiger partial charge in [-0.05, 0) is 231 Å². The molecule has 0 atom stereocenters. The van der Waals surface area contributed by atoms with Crippen molar-refractivity contribution in [1.29, 1.82) is 0 Å². The van der Waals surface area contributed by atoms with Crippen LogP contribution in [-0.4, -0.2) is 46.6 Å². The molecule has 8 aromatic carbocycles. The Kier molecular flexibility index (Phi) is 21.0. The van der Waals surface area contributed by atoms with Crippen LogP contribution < -0.4 is 10.9 Å². The lowest BCUT2D eigenvalue weighted by atomic mass is 9.70. The van der Waals surface area contributed by atoms with Crippen molar-refractivity contribution in [2.45, 2.75) is 239 Å². The summed E-state index contributed by atoms with van der Waals surface area (Å²) in [5.41, 5.74) is 24.5. The summed E-state index contributed by atoms with van der Waals surface area (Å²) in [6, 6.07) is 69.7. The Labute approximate surface area is 593 Å². The van der Waals surface area contributed by atoms with Crippen molar-refractivity contribution in [2.24, 2.45) is 0 Å². The van der Waals surface area contributed by atoms with E-state index in [4.69, 9.17) is 28.6 Å². The summed E-state index contributed by atoms with van der Waals surface area (Å²) in [5.74, 6) is 0. The second-order valence-corrected chi connectivity index (χ2v) is 31.2. The number of nitrogens with zero attached hydrogens (tertiary/aromatic N) is 2. The monoisotopic (exact) mass is 1310 g/mol. The summed E-state index contributed by atoms with van der Waals surface area (Å²) in [6.45, 7) is 26.1. The average molecular weight is 1310 g/mol. The van der Waals surface area contributed by atoms with Gasteiger partial charge < -0.3 is 18.6 Å². The molecule has 8 heteroatoms. The summed E-state index contributed by atoms with van der Waals surface area (Å²) >= 11 is 0. The van der Waals surface area contributed by atoms with Crippen LogP contribution in [0.15, 0.2) is 182 Å². The summed E-state index contributed by atoms with van der Waals surface area (Å²) in [5, 5.41) is 2.32.